The molecule has 0 radical (unpaired) electrons. The third kappa shape index (κ3) is 3.08. The van der Waals surface area contributed by atoms with Gasteiger partial charge in [-0.3, -0.25) is 9.69 Å². The van der Waals surface area contributed by atoms with E-state index in [-0.39, 0.29) is 11.8 Å². The molecule has 1 atom stereocenters. The SMILES string of the molecule is CCC1C(=O)CC=CN1C(=O)OC(C)(C)C. The Morgan fingerprint density at radius 2 is 2.19 bits per heavy atom. The van der Waals surface area contributed by atoms with Crippen molar-refractivity contribution in [1.82, 2.24) is 4.90 Å². The number of rotatable bonds is 1. The summed E-state index contributed by atoms with van der Waals surface area (Å²) in [4.78, 5) is 24.8. The summed E-state index contributed by atoms with van der Waals surface area (Å²) in [6.07, 6.45) is 3.89. The van der Waals surface area contributed by atoms with E-state index in [1.807, 2.05) is 6.92 Å². The number of hydrogen-bond donors (Lipinski definition) is 0. The van der Waals surface area contributed by atoms with Crippen LogP contribution < -0.4 is 0 Å². The molecular weight excluding hydrogens is 206 g/mol. The lowest BCUT2D eigenvalue weighted by atomic mass is 10.0. The van der Waals surface area contributed by atoms with Crippen LogP contribution in [0.25, 0.3) is 0 Å². The molecule has 4 nitrogen and oxygen atoms in total. The second-order valence-electron chi connectivity index (χ2n) is 4.87. The summed E-state index contributed by atoms with van der Waals surface area (Å²) >= 11 is 0. The molecule has 0 aromatic rings. The van der Waals surface area contributed by atoms with Gasteiger partial charge in [0, 0.05) is 12.6 Å². The molecule has 0 fully saturated rings. The first-order chi connectivity index (χ1) is 7.35. The van der Waals surface area contributed by atoms with Crippen LogP contribution in [0.15, 0.2) is 12.3 Å². The Balaban J connectivity index is 2.78. The molecule has 0 aliphatic carbocycles. The molecular formula is C12H19NO3. The van der Waals surface area contributed by atoms with Crippen molar-refractivity contribution in [3.8, 4) is 0 Å². The van der Waals surface area contributed by atoms with E-state index in [2.05, 4.69) is 0 Å². The van der Waals surface area contributed by atoms with Crippen LogP contribution >= 0.6 is 0 Å². The zero-order valence-electron chi connectivity index (χ0n) is 10.3. The van der Waals surface area contributed by atoms with Crippen molar-refractivity contribution < 1.29 is 14.3 Å². The smallest absolute Gasteiger partial charge is 0.414 e. The third-order valence-electron chi connectivity index (χ3n) is 2.28. The van der Waals surface area contributed by atoms with Gasteiger partial charge in [0.1, 0.15) is 5.60 Å². The van der Waals surface area contributed by atoms with Gasteiger partial charge in [-0.2, -0.15) is 0 Å². The fourth-order valence-corrected chi connectivity index (χ4v) is 1.60. The van der Waals surface area contributed by atoms with Crippen LogP contribution in [0.1, 0.15) is 40.5 Å². The van der Waals surface area contributed by atoms with Gasteiger partial charge >= 0.3 is 6.09 Å². The number of allylic oxidation sites excluding steroid dienone is 1. The Kier molecular flexibility index (Phi) is 3.73. The normalized spacial score (nSPS) is 21.1. The number of amides is 1. The van der Waals surface area contributed by atoms with Gasteiger partial charge in [0.2, 0.25) is 0 Å². The lowest BCUT2D eigenvalue weighted by molar-refractivity contribution is -0.123. The van der Waals surface area contributed by atoms with Crippen molar-refractivity contribution in [1.29, 1.82) is 0 Å². The van der Waals surface area contributed by atoms with Crippen molar-refractivity contribution in [2.24, 2.45) is 0 Å². The van der Waals surface area contributed by atoms with Crippen LogP contribution in [-0.4, -0.2) is 28.4 Å². The summed E-state index contributed by atoms with van der Waals surface area (Å²) in [5, 5.41) is 0. The van der Waals surface area contributed by atoms with Crippen LogP contribution in [0.2, 0.25) is 0 Å². The van der Waals surface area contributed by atoms with E-state index in [0.29, 0.717) is 12.8 Å². The average Bonchev–Trinajstić information content (AvgIpc) is 2.14. The van der Waals surface area contributed by atoms with E-state index in [9.17, 15) is 9.59 Å². The minimum absolute atomic E-state index is 0.0656. The maximum atomic E-state index is 11.8. The highest BCUT2D eigenvalue weighted by Gasteiger charge is 2.31. The van der Waals surface area contributed by atoms with Crippen LogP contribution in [0.3, 0.4) is 0 Å². The van der Waals surface area contributed by atoms with Crippen molar-refractivity contribution in [3.63, 3.8) is 0 Å². The molecule has 0 spiro atoms. The zero-order chi connectivity index (χ0) is 12.3. The summed E-state index contributed by atoms with van der Waals surface area (Å²) < 4.78 is 5.24. The second kappa shape index (κ2) is 4.68. The Morgan fingerprint density at radius 3 is 2.69 bits per heavy atom. The van der Waals surface area contributed by atoms with Gasteiger partial charge in [0.15, 0.2) is 5.78 Å². The lowest BCUT2D eigenvalue weighted by Crippen LogP contribution is -2.45. The molecule has 0 aromatic heterocycles. The molecule has 0 saturated heterocycles. The molecule has 1 aliphatic heterocycles. The maximum absolute atomic E-state index is 11.8. The third-order valence-corrected chi connectivity index (χ3v) is 2.28. The first kappa shape index (κ1) is 12.7. The number of nitrogens with zero attached hydrogens (tertiary/aromatic N) is 1. The Hall–Kier alpha value is -1.32. The maximum Gasteiger partial charge on any atom is 0.414 e. The van der Waals surface area contributed by atoms with Gasteiger partial charge in [0.25, 0.3) is 0 Å². The summed E-state index contributed by atoms with van der Waals surface area (Å²) in [7, 11) is 0. The molecule has 0 aromatic carbocycles. The van der Waals surface area contributed by atoms with E-state index < -0.39 is 11.7 Å². The molecule has 0 bridgehead atoms. The summed E-state index contributed by atoms with van der Waals surface area (Å²) in [6.45, 7) is 7.31. The standard InChI is InChI=1S/C12H19NO3/c1-5-9-10(14)7-6-8-13(9)11(15)16-12(2,3)4/h6,8-9H,5,7H2,1-4H3. The van der Waals surface area contributed by atoms with Crippen LogP contribution in [-0.2, 0) is 9.53 Å². The summed E-state index contributed by atoms with van der Waals surface area (Å²) in [5.74, 6) is 0.0656. The van der Waals surface area contributed by atoms with E-state index in [1.165, 1.54) is 4.90 Å². The minimum Gasteiger partial charge on any atom is -0.443 e. The van der Waals surface area contributed by atoms with Crippen molar-refractivity contribution >= 4 is 11.9 Å². The molecule has 1 aliphatic rings. The van der Waals surface area contributed by atoms with Gasteiger partial charge in [-0.05, 0) is 27.2 Å². The highest BCUT2D eigenvalue weighted by Crippen LogP contribution is 2.18. The van der Waals surface area contributed by atoms with Gasteiger partial charge in [-0.1, -0.05) is 13.0 Å². The second-order valence-corrected chi connectivity index (χ2v) is 4.87. The highest BCUT2D eigenvalue weighted by atomic mass is 16.6. The van der Waals surface area contributed by atoms with E-state index in [4.69, 9.17) is 4.74 Å². The minimum atomic E-state index is -0.538. The zero-order valence-corrected chi connectivity index (χ0v) is 10.3. The van der Waals surface area contributed by atoms with Crippen LogP contribution in [0.5, 0.6) is 0 Å². The summed E-state index contributed by atoms with van der Waals surface area (Å²) in [5.41, 5.74) is -0.538. The number of ether oxygens (including phenoxy) is 1. The monoisotopic (exact) mass is 225 g/mol. The quantitative estimate of drug-likeness (QED) is 0.688. The predicted octanol–water partition coefficient (Wildman–Crippen LogP) is 2.49. The van der Waals surface area contributed by atoms with E-state index in [0.717, 1.165) is 0 Å². The predicted molar refractivity (Wildman–Crippen MR) is 60.9 cm³/mol. The van der Waals surface area contributed by atoms with Crippen molar-refractivity contribution in [2.75, 3.05) is 0 Å². The Morgan fingerprint density at radius 1 is 1.56 bits per heavy atom. The molecule has 1 unspecified atom stereocenters. The topological polar surface area (TPSA) is 46.6 Å². The molecule has 0 N–H and O–H groups in total. The number of carbonyl (C=O) groups is 2. The number of hydrogen-bond acceptors (Lipinski definition) is 3. The van der Waals surface area contributed by atoms with Crippen LogP contribution in [0, 0.1) is 0 Å². The fourth-order valence-electron chi connectivity index (χ4n) is 1.60. The van der Waals surface area contributed by atoms with Crippen molar-refractivity contribution in [2.45, 2.75) is 52.2 Å². The van der Waals surface area contributed by atoms with E-state index in [1.54, 1.807) is 33.0 Å². The molecule has 4 heteroatoms. The number of carbonyl (C=O) groups excluding carboxylic acids is 2. The number of ketones is 1. The number of Topliss-reactive ketones (excluding diaryl/α,β-unsaturated/α-hetero) is 1. The molecule has 1 heterocycles. The van der Waals surface area contributed by atoms with Crippen molar-refractivity contribution in [3.05, 3.63) is 12.3 Å². The summed E-state index contributed by atoms with van der Waals surface area (Å²) in [6, 6.07) is -0.375. The first-order valence-corrected chi connectivity index (χ1v) is 5.56. The van der Waals surface area contributed by atoms with Gasteiger partial charge in [-0.15, -0.1) is 0 Å². The Labute approximate surface area is 96.3 Å². The van der Waals surface area contributed by atoms with Gasteiger partial charge in [-0.25, -0.2) is 4.79 Å². The van der Waals surface area contributed by atoms with Crippen LogP contribution in [0.4, 0.5) is 4.79 Å². The molecule has 1 rings (SSSR count). The van der Waals surface area contributed by atoms with Gasteiger partial charge in [0.05, 0.1) is 6.04 Å². The molecule has 16 heavy (non-hydrogen) atoms. The average molecular weight is 225 g/mol. The molecule has 90 valence electrons. The molecule has 1 amide bonds. The Bertz CT molecular complexity index is 315. The fraction of sp³-hybridized carbons (Fsp3) is 0.667. The van der Waals surface area contributed by atoms with E-state index >= 15 is 0 Å². The highest BCUT2D eigenvalue weighted by molar-refractivity contribution is 5.90. The van der Waals surface area contributed by atoms with Gasteiger partial charge < -0.3 is 4.74 Å². The lowest BCUT2D eigenvalue weighted by Gasteiger charge is -2.31. The first-order valence-electron chi connectivity index (χ1n) is 5.56. The largest absolute Gasteiger partial charge is 0.443 e. The molecule has 0 saturated carbocycles.